The van der Waals surface area contributed by atoms with Crippen molar-refractivity contribution in [1.29, 1.82) is 0 Å². The second kappa shape index (κ2) is 6.57. The van der Waals surface area contributed by atoms with Crippen LogP contribution in [0.1, 0.15) is 12.8 Å². The van der Waals surface area contributed by atoms with Gasteiger partial charge in [-0.2, -0.15) is 0 Å². The number of benzene rings is 1. The van der Waals surface area contributed by atoms with E-state index in [2.05, 4.69) is 10.2 Å². The van der Waals surface area contributed by atoms with Gasteiger partial charge in [0, 0.05) is 18.3 Å². The van der Waals surface area contributed by atoms with Crippen LogP contribution < -0.4 is 11.1 Å². The second-order valence-electron chi connectivity index (χ2n) is 4.81. The first kappa shape index (κ1) is 14.6. The fourth-order valence-electron chi connectivity index (χ4n) is 2.21. The quantitative estimate of drug-likeness (QED) is 0.901. The second-order valence-corrected chi connectivity index (χ2v) is 5.63. The molecule has 1 fully saturated rings. The van der Waals surface area contributed by atoms with E-state index in [-0.39, 0.29) is 11.9 Å². The Bertz CT molecular complexity index is 467. The minimum atomic E-state index is -0.0625. The Morgan fingerprint density at radius 2 is 2.21 bits per heavy atom. The summed E-state index contributed by atoms with van der Waals surface area (Å²) in [5, 5.41) is 3.71. The third-order valence-electron chi connectivity index (χ3n) is 3.11. The number of carbonyl (C=O) groups is 1. The smallest absolute Gasteiger partial charge is 0.238 e. The lowest BCUT2D eigenvalue weighted by Gasteiger charge is -2.29. The van der Waals surface area contributed by atoms with Gasteiger partial charge in [-0.1, -0.05) is 23.2 Å². The molecule has 2 rings (SSSR count). The molecule has 4 nitrogen and oxygen atoms in total. The van der Waals surface area contributed by atoms with Crippen molar-refractivity contribution in [3.63, 3.8) is 0 Å². The summed E-state index contributed by atoms with van der Waals surface area (Å²) in [6, 6.07) is 5.21. The molecular formula is C13H17Cl2N3O. The van der Waals surface area contributed by atoms with Crippen molar-refractivity contribution in [3.05, 3.63) is 28.2 Å². The van der Waals surface area contributed by atoms with Gasteiger partial charge >= 0.3 is 0 Å². The molecule has 0 spiro atoms. The zero-order chi connectivity index (χ0) is 13.8. The highest BCUT2D eigenvalue weighted by Crippen LogP contribution is 2.24. The molecule has 1 aliphatic heterocycles. The van der Waals surface area contributed by atoms with Gasteiger partial charge in [-0.15, -0.1) is 0 Å². The Morgan fingerprint density at radius 1 is 1.42 bits per heavy atom. The average molecular weight is 302 g/mol. The highest BCUT2D eigenvalue weighted by molar-refractivity contribution is 6.42. The third kappa shape index (κ3) is 4.35. The number of halogens is 2. The normalized spacial score (nSPS) is 20.3. The summed E-state index contributed by atoms with van der Waals surface area (Å²) in [5.74, 6) is -0.0625. The van der Waals surface area contributed by atoms with E-state index in [0.717, 1.165) is 25.9 Å². The molecule has 1 atom stereocenters. The Hall–Kier alpha value is -0.810. The summed E-state index contributed by atoms with van der Waals surface area (Å²) < 4.78 is 0. The van der Waals surface area contributed by atoms with Crippen LogP contribution in [0.4, 0.5) is 5.69 Å². The molecule has 19 heavy (non-hydrogen) atoms. The van der Waals surface area contributed by atoms with Gasteiger partial charge in [0.2, 0.25) is 5.91 Å². The van der Waals surface area contributed by atoms with Crippen molar-refractivity contribution in [3.8, 4) is 0 Å². The summed E-state index contributed by atoms with van der Waals surface area (Å²) in [7, 11) is 0. The Kier molecular flexibility index (Phi) is 5.05. The number of nitrogens with one attached hydrogen (secondary N) is 1. The molecule has 1 aliphatic rings. The van der Waals surface area contributed by atoms with E-state index >= 15 is 0 Å². The number of likely N-dealkylation sites (tertiary alicyclic amines) is 1. The highest BCUT2D eigenvalue weighted by atomic mass is 35.5. The molecule has 0 unspecified atom stereocenters. The minimum Gasteiger partial charge on any atom is -0.327 e. The van der Waals surface area contributed by atoms with Crippen molar-refractivity contribution >= 4 is 34.8 Å². The lowest BCUT2D eigenvalue weighted by Crippen LogP contribution is -2.45. The maximum Gasteiger partial charge on any atom is 0.238 e. The van der Waals surface area contributed by atoms with Gasteiger partial charge in [-0.25, -0.2) is 0 Å². The number of hydrogen-bond acceptors (Lipinski definition) is 3. The molecule has 0 bridgehead atoms. The van der Waals surface area contributed by atoms with Gasteiger partial charge in [-0.05, 0) is 37.6 Å². The van der Waals surface area contributed by atoms with Gasteiger partial charge < -0.3 is 11.1 Å². The standard InChI is InChI=1S/C13H17Cl2N3O/c14-11-4-3-10(6-12(11)15)17-13(19)8-18-5-1-2-9(16)7-18/h3-4,6,9H,1-2,5,7-8,16H2,(H,17,19)/t9-/m1/s1. The predicted molar refractivity (Wildman–Crippen MR) is 78.7 cm³/mol. The molecule has 104 valence electrons. The molecule has 1 saturated heterocycles. The molecule has 0 aromatic heterocycles. The van der Waals surface area contributed by atoms with E-state index in [9.17, 15) is 4.79 Å². The minimum absolute atomic E-state index is 0.0625. The van der Waals surface area contributed by atoms with Crippen LogP contribution in [0.25, 0.3) is 0 Å². The summed E-state index contributed by atoms with van der Waals surface area (Å²) in [6.45, 7) is 2.05. The van der Waals surface area contributed by atoms with E-state index in [1.807, 2.05) is 0 Å². The molecule has 0 radical (unpaired) electrons. The van der Waals surface area contributed by atoms with E-state index in [4.69, 9.17) is 28.9 Å². The first-order valence-corrected chi connectivity index (χ1v) is 7.03. The lowest BCUT2D eigenvalue weighted by molar-refractivity contribution is -0.117. The van der Waals surface area contributed by atoms with Crippen LogP contribution in [-0.2, 0) is 4.79 Å². The predicted octanol–water partition coefficient (Wildman–Crippen LogP) is 2.36. The van der Waals surface area contributed by atoms with Crippen molar-refractivity contribution in [2.45, 2.75) is 18.9 Å². The van der Waals surface area contributed by atoms with Crippen molar-refractivity contribution < 1.29 is 4.79 Å². The maximum atomic E-state index is 11.9. The SMILES string of the molecule is N[C@@H]1CCCN(CC(=O)Nc2ccc(Cl)c(Cl)c2)C1. The average Bonchev–Trinajstić information content (AvgIpc) is 2.34. The zero-order valence-corrected chi connectivity index (χ0v) is 12.0. The topological polar surface area (TPSA) is 58.4 Å². The van der Waals surface area contributed by atoms with Crippen LogP contribution in [0.5, 0.6) is 0 Å². The summed E-state index contributed by atoms with van der Waals surface area (Å²) in [5.41, 5.74) is 6.54. The van der Waals surface area contributed by atoms with Gasteiger partial charge in [0.05, 0.1) is 16.6 Å². The number of rotatable bonds is 3. The molecule has 0 aliphatic carbocycles. The highest BCUT2D eigenvalue weighted by Gasteiger charge is 2.18. The summed E-state index contributed by atoms with van der Waals surface area (Å²) in [6.07, 6.45) is 2.08. The number of piperidine rings is 1. The van der Waals surface area contributed by atoms with Gasteiger partial charge in [-0.3, -0.25) is 9.69 Å². The van der Waals surface area contributed by atoms with Gasteiger partial charge in [0.25, 0.3) is 0 Å². The number of amides is 1. The fraction of sp³-hybridized carbons (Fsp3) is 0.462. The Morgan fingerprint density at radius 3 is 2.89 bits per heavy atom. The van der Waals surface area contributed by atoms with Crippen LogP contribution >= 0.6 is 23.2 Å². The molecule has 0 saturated carbocycles. The van der Waals surface area contributed by atoms with Crippen LogP contribution in [0.2, 0.25) is 10.0 Å². The van der Waals surface area contributed by atoms with Crippen molar-refractivity contribution in [2.24, 2.45) is 5.73 Å². The number of carbonyl (C=O) groups excluding carboxylic acids is 1. The van der Waals surface area contributed by atoms with Crippen molar-refractivity contribution in [2.75, 3.05) is 25.0 Å². The molecule has 6 heteroatoms. The van der Waals surface area contributed by atoms with Crippen LogP contribution in [0, 0.1) is 0 Å². The molecule has 1 amide bonds. The van der Waals surface area contributed by atoms with E-state index < -0.39 is 0 Å². The van der Waals surface area contributed by atoms with Crippen LogP contribution in [0.3, 0.4) is 0 Å². The third-order valence-corrected chi connectivity index (χ3v) is 3.85. The maximum absolute atomic E-state index is 11.9. The van der Waals surface area contributed by atoms with E-state index in [1.54, 1.807) is 18.2 Å². The van der Waals surface area contributed by atoms with E-state index in [0.29, 0.717) is 22.3 Å². The number of hydrogen-bond donors (Lipinski definition) is 2. The molecular weight excluding hydrogens is 285 g/mol. The Labute approximate surface area is 122 Å². The first-order valence-electron chi connectivity index (χ1n) is 6.27. The van der Waals surface area contributed by atoms with Crippen LogP contribution in [-0.4, -0.2) is 36.5 Å². The Balaban J connectivity index is 1.88. The molecule has 3 N–H and O–H groups in total. The molecule has 1 heterocycles. The number of nitrogens with zero attached hydrogens (tertiary/aromatic N) is 1. The monoisotopic (exact) mass is 301 g/mol. The number of anilines is 1. The first-order chi connectivity index (χ1) is 9.04. The molecule has 1 aromatic carbocycles. The zero-order valence-electron chi connectivity index (χ0n) is 10.5. The lowest BCUT2D eigenvalue weighted by atomic mass is 10.1. The molecule has 1 aromatic rings. The van der Waals surface area contributed by atoms with E-state index in [1.165, 1.54) is 0 Å². The van der Waals surface area contributed by atoms with Gasteiger partial charge in [0.1, 0.15) is 0 Å². The summed E-state index contributed by atoms with van der Waals surface area (Å²) in [4.78, 5) is 14.0. The number of nitrogens with two attached hydrogens (primary N) is 1. The van der Waals surface area contributed by atoms with Crippen molar-refractivity contribution in [1.82, 2.24) is 4.90 Å². The van der Waals surface area contributed by atoms with Gasteiger partial charge in [0.15, 0.2) is 0 Å². The fourth-order valence-corrected chi connectivity index (χ4v) is 2.51. The summed E-state index contributed by atoms with van der Waals surface area (Å²) >= 11 is 11.7. The van der Waals surface area contributed by atoms with Crippen LogP contribution in [0.15, 0.2) is 18.2 Å². The largest absolute Gasteiger partial charge is 0.327 e.